The van der Waals surface area contributed by atoms with Crippen molar-refractivity contribution in [2.24, 2.45) is 40.4 Å². The van der Waals surface area contributed by atoms with Gasteiger partial charge in [-0.15, -0.1) is 0 Å². The molecule has 0 bridgehead atoms. The Balaban J connectivity index is 1.54. The van der Waals surface area contributed by atoms with Crippen molar-refractivity contribution in [1.82, 2.24) is 0 Å². The molecular formula is C25H36F2O3. The van der Waals surface area contributed by atoms with Crippen molar-refractivity contribution in [2.75, 3.05) is 7.11 Å². The monoisotopic (exact) mass is 422 g/mol. The van der Waals surface area contributed by atoms with Gasteiger partial charge in [-0.05, 0) is 78.9 Å². The number of ketones is 1. The quantitative estimate of drug-likeness (QED) is 0.414. The van der Waals surface area contributed by atoms with Crippen molar-refractivity contribution in [2.45, 2.75) is 84.5 Å². The molecule has 3 fully saturated rings. The third-order valence-corrected chi connectivity index (χ3v) is 9.76. The lowest BCUT2D eigenvalue weighted by molar-refractivity contribution is -0.172. The number of ether oxygens (including phenoxy) is 1. The normalized spacial score (nSPS) is 41.9. The predicted octanol–water partition coefficient (Wildman–Crippen LogP) is 5.97. The van der Waals surface area contributed by atoms with E-state index in [0.29, 0.717) is 36.4 Å². The van der Waals surface area contributed by atoms with Gasteiger partial charge in [0.2, 0.25) is 0 Å². The smallest absolute Gasteiger partial charge is 0.376 e. The van der Waals surface area contributed by atoms with E-state index < -0.39 is 18.3 Å². The molecule has 7 atom stereocenters. The Morgan fingerprint density at radius 2 is 1.97 bits per heavy atom. The number of fused-ring (bicyclic) bond motifs is 5. The van der Waals surface area contributed by atoms with Gasteiger partial charge in [0.15, 0.2) is 0 Å². The zero-order chi connectivity index (χ0) is 21.9. The van der Waals surface area contributed by atoms with Crippen molar-refractivity contribution >= 4 is 11.8 Å². The van der Waals surface area contributed by atoms with E-state index in [1.54, 1.807) is 0 Å². The molecule has 0 radical (unpaired) electrons. The van der Waals surface area contributed by atoms with Crippen LogP contribution in [-0.2, 0) is 14.3 Å². The minimum atomic E-state index is -3.41. The summed E-state index contributed by atoms with van der Waals surface area (Å²) in [6, 6.07) is 0. The summed E-state index contributed by atoms with van der Waals surface area (Å²) in [5.74, 6) is -2.72. The first kappa shape index (κ1) is 22.0. The fourth-order valence-electron chi connectivity index (χ4n) is 8.23. The Kier molecular flexibility index (Phi) is 5.42. The Hall–Kier alpha value is -1.26. The van der Waals surface area contributed by atoms with Crippen LogP contribution in [0.15, 0.2) is 11.6 Å². The Labute approximate surface area is 179 Å². The molecule has 4 aliphatic rings. The highest BCUT2D eigenvalue weighted by Gasteiger charge is 2.60. The number of esters is 1. The molecule has 4 rings (SSSR count). The number of allylic oxidation sites excluding steroid dienone is 2. The average molecular weight is 423 g/mol. The highest BCUT2D eigenvalue weighted by molar-refractivity contribution is 5.82. The third kappa shape index (κ3) is 3.26. The summed E-state index contributed by atoms with van der Waals surface area (Å²) in [4.78, 5) is 23.5. The molecule has 0 heterocycles. The van der Waals surface area contributed by atoms with Gasteiger partial charge in [-0.3, -0.25) is 4.79 Å². The minimum absolute atomic E-state index is 0.0545. The van der Waals surface area contributed by atoms with Crippen LogP contribution in [0.1, 0.15) is 78.6 Å². The number of hydrogen-bond acceptors (Lipinski definition) is 3. The predicted molar refractivity (Wildman–Crippen MR) is 111 cm³/mol. The van der Waals surface area contributed by atoms with Crippen LogP contribution in [0, 0.1) is 40.4 Å². The van der Waals surface area contributed by atoms with E-state index in [-0.39, 0.29) is 22.7 Å². The number of carbonyl (C=O) groups excluding carboxylic acids is 2. The number of Topliss-reactive ketones (excluding diaryl/α,β-unsaturated/α-hetero) is 1. The molecule has 0 aromatic carbocycles. The van der Waals surface area contributed by atoms with Crippen LogP contribution in [0.3, 0.4) is 0 Å². The molecule has 168 valence electrons. The van der Waals surface area contributed by atoms with Gasteiger partial charge in [-0.1, -0.05) is 32.4 Å². The SMILES string of the molecule is COC(=O)C(F)(F)CC(C)C1CCC2C3CC=C4CC(=O)CCC4(C)C3CCC12C. The average Bonchev–Trinajstić information content (AvgIpc) is 3.04. The number of hydrogen-bond donors (Lipinski definition) is 0. The first-order chi connectivity index (χ1) is 14.0. The lowest BCUT2D eigenvalue weighted by atomic mass is 9.47. The second-order valence-corrected chi connectivity index (χ2v) is 11.1. The molecule has 3 saturated carbocycles. The molecule has 30 heavy (non-hydrogen) atoms. The zero-order valence-corrected chi connectivity index (χ0v) is 18.8. The molecule has 0 aliphatic heterocycles. The van der Waals surface area contributed by atoms with E-state index in [1.165, 1.54) is 5.57 Å². The van der Waals surface area contributed by atoms with Crippen LogP contribution >= 0.6 is 0 Å². The van der Waals surface area contributed by atoms with Crippen LogP contribution in [0.4, 0.5) is 8.78 Å². The summed E-state index contributed by atoms with van der Waals surface area (Å²) < 4.78 is 32.9. The van der Waals surface area contributed by atoms with Gasteiger partial charge in [0.25, 0.3) is 0 Å². The second kappa shape index (κ2) is 7.41. The summed E-state index contributed by atoms with van der Waals surface area (Å²) in [5.41, 5.74) is 1.56. The lowest BCUT2D eigenvalue weighted by Gasteiger charge is -2.58. The minimum Gasteiger partial charge on any atom is -0.465 e. The van der Waals surface area contributed by atoms with Gasteiger partial charge in [-0.25, -0.2) is 4.79 Å². The fraction of sp³-hybridized carbons (Fsp3) is 0.840. The fourth-order valence-corrected chi connectivity index (χ4v) is 8.23. The lowest BCUT2D eigenvalue weighted by Crippen LogP contribution is -2.50. The molecule has 5 heteroatoms. The summed E-state index contributed by atoms with van der Waals surface area (Å²) in [5, 5.41) is 0. The first-order valence-electron chi connectivity index (χ1n) is 11.7. The maximum absolute atomic E-state index is 14.3. The molecule has 0 aromatic rings. The molecule has 0 amide bonds. The highest BCUT2D eigenvalue weighted by atomic mass is 19.3. The van der Waals surface area contributed by atoms with Crippen molar-refractivity contribution in [3.05, 3.63) is 11.6 Å². The van der Waals surface area contributed by atoms with Crippen LogP contribution in [0.5, 0.6) is 0 Å². The van der Waals surface area contributed by atoms with E-state index in [2.05, 4.69) is 24.7 Å². The number of carbonyl (C=O) groups is 2. The number of methoxy groups -OCH3 is 1. The molecule has 4 aliphatic carbocycles. The van der Waals surface area contributed by atoms with Gasteiger partial charge in [0.05, 0.1) is 7.11 Å². The van der Waals surface area contributed by atoms with Gasteiger partial charge in [0.1, 0.15) is 5.78 Å². The molecular weight excluding hydrogens is 386 g/mol. The van der Waals surface area contributed by atoms with Crippen molar-refractivity contribution < 1.29 is 23.1 Å². The van der Waals surface area contributed by atoms with Crippen LogP contribution < -0.4 is 0 Å². The molecule has 7 unspecified atom stereocenters. The zero-order valence-electron chi connectivity index (χ0n) is 18.8. The maximum atomic E-state index is 14.3. The van der Waals surface area contributed by atoms with Gasteiger partial charge >= 0.3 is 11.9 Å². The van der Waals surface area contributed by atoms with Gasteiger partial charge in [0, 0.05) is 19.3 Å². The van der Waals surface area contributed by atoms with Gasteiger partial charge < -0.3 is 4.74 Å². The molecule has 0 aromatic heterocycles. The molecule has 0 saturated heterocycles. The molecule has 3 nitrogen and oxygen atoms in total. The maximum Gasteiger partial charge on any atom is 0.376 e. The van der Waals surface area contributed by atoms with Crippen LogP contribution in [0.2, 0.25) is 0 Å². The summed E-state index contributed by atoms with van der Waals surface area (Å²) >= 11 is 0. The third-order valence-electron chi connectivity index (χ3n) is 9.76. The van der Waals surface area contributed by atoms with E-state index in [4.69, 9.17) is 0 Å². The van der Waals surface area contributed by atoms with Crippen LogP contribution in [-0.4, -0.2) is 24.8 Å². The summed E-state index contributed by atoms with van der Waals surface area (Å²) in [7, 11) is 1.03. The number of alkyl halides is 2. The summed E-state index contributed by atoms with van der Waals surface area (Å²) in [6.45, 7) is 6.59. The Morgan fingerprint density at radius 3 is 2.67 bits per heavy atom. The van der Waals surface area contributed by atoms with E-state index in [1.807, 2.05) is 6.92 Å². The standard InChI is InChI=1S/C25H36F2O3/c1-15(14-25(26,27)22(29)30-4)19-7-8-20-18-6-5-16-13-17(28)9-11-23(16,2)21(18)10-12-24(19,20)3/h5,15,18-21H,6-14H2,1-4H3. The van der Waals surface area contributed by atoms with Crippen molar-refractivity contribution in [3.63, 3.8) is 0 Å². The Bertz CT molecular complexity index is 759. The molecule has 0 N–H and O–H groups in total. The molecule has 0 spiro atoms. The van der Waals surface area contributed by atoms with E-state index in [0.717, 1.165) is 45.6 Å². The Morgan fingerprint density at radius 1 is 1.23 bits per heavy atom. The highest BCUT2D eigenvalue weighted by Crippen LogP contribution is 2.67. The second-order valence-electron chi connectivity index (χ2n) is 11.1. The summed E-state index contributed by atoms with van der Waals surface area (Å²) in [6.07, 6.45) is 9.49. The van der Waals surface area contributed by atoms with Crippen molar-refractivity contribution in [1.29, 1.82) is 0 Å². The van der Waals surface area contributed by atoms with Crippen LogP contribution in [0.25, 0.3) is 0 Å². The topological polar surface area (TPSA) is 43.4 Å². The van der Waals surface area contributed by atoms with Crippen molar-refractivity contribution in [3.8, 4) is 0 Å². The number of rotatable bonds is 4. The van der Waals surface area contributed by atoms with E-state index >= 15 is 0 Å². The first-order valence-corrected chi connectivity index (χ1v) is 11.7. The number of halogens is 2. The van der Waals surface area contributed by atoms with E-state index in [9.17, 15) is 18.4 Å². The largest absolute Gasteiger partial charge is 0.465 e. The van der Waals surface area contributed by atoms with Gasteiger partial charge in [-0.2, -0.15) is 8.78 Å².